The van der Waals surface area contributed by atoms with E-state index in [-0.39, 0.29) is 0 Å². The first-order valence-electron chi connectivity index (χ1n) is 6.54. The molecule has 1 aromatic heterocycles. The molecule has 1 N–H and O–H groups in total. The van der Waals surface area contributed by atoms with E-state index in [1.54, 1.807) is 0 Å². The van der Waals surface area contributed by atoms with Crippen molar-refractivity contribution in [2.45, 2.75) is 12.5 Å². The van der Waals surface area contributed by atoms with Crippen LogP contribution in [0, 0.1) is 0 Å². The van der Waals surface area contributed by atoms with Crippen molar-refractivity contribution in [2.24, 2.45) is 0 Å². The van der Waals surface area contributed by atoms with E-state index in [2.05, 4.69) is 33.3 Å². The van der Waals surface area contributed by atoms with Gasteiger partial charge in [0.15, 0.2) is 0 Å². The molecule has 1 aliphatic rings. The standard InChI is InChI=1S/C14H18N4S/c1-15-14-16-12-6-4-3-5-11(12)13(17-14)18(2)10-7-8-19-9-10/h3-6,10H,7-9H2,1-2H3,(H,15,16,17). The molecule has 100 valence electrons. The van der Waals surface area contributed by atoms with Crippen molar-refractivity contribution in [1.82, 2.24) is 9.97 Å². The van der Waals surface area contributed by atoms with Crippen molar-refractivity contribution in [3.63, 3.8) is 0 Å². The highest BCUT2D eigenvalue weighted by Crippen LogP contribution is 2.30. The fourth-order valence-electron chi connectivity index (χ4n) is 2.44. The van der Waals surface area contributed by atoms with Crippen LogP contribution < -0.4 is 10.2 Å². The zero-order chi connectivity index (χ0) is 13.2. The second-order valence-corrected chi connectivity index (χ2v) is 5.92. The van der Waals surface area contributed by atoms with Gasteiger partial charge in [-0.15, -0.1) is 0 Å². The van der Waals surface area contributed by atoms with Crippen LogP contribution in [0.3, 0.4) is 0 Å². The predicted molar refractivity (Wildman–Crippen MR) is 83.2 cm³/mol. The molecule has 0 amide bonds. The molecule has 4 nitrogen and oxygen atoms in total. The molecule has 1 fully saturated rings. The molecule has 0 radical (unpaired) electrons. The number of thioether (sulfide) groups is 1. The van der Waals surface area contributed by atoms with Crippen LogP contribution in [0.15, 0.2) is 24.3 Å². The predicted octanol–water partition coefficient (Wildman–Crippen LogP) is 2.61. The quantitative estimate of drug-likeness (QED) is 0.931. The first-order chi connectivity index (χ1) is 9.29. The van der Waals surface area contributed by atoms with E-state index < -0.39 is 0 Å². The fourth-order valence-corrected chi connectivity index (χ4v) is 3.71. The highest BCUT2D eigenvalue weighted by Gasteiger charge is 2.23. The Hall–Kier alpha value is -1.49. The molecule has 0 saturated carbocycles. The third-order valence-electron chi connectivity index (χ3n) is 3.59. The van der Waals surface area contributed by atoms with Gasteiger partial charge >= 0.3 is 0 Å². The summed E-state index contributed by atoms with van der Waals surface area (Å²) in [5, 5.41) is 4.18. The van der Waals surface area contributed by atoms with Gasteiger partial charge < -0.3 is 10.2 Å². The van der Waals surface area contributed by atoms with Crippen LogP contribution in [0.4, 0.5) is 11.8 Å². The Balaban J connectivity index is 2.09. The van der Waals surface area contributed by atoms with Gasteiger partial charge in [0.1, 0.15) is 5.82 Å². The summed E-state index contributed by atoms with van der Waals surface area (Å²) in [5.41, 5.74) is 0.995. The van der Waals surface area contributed by atoms with Gasteiger partial charge in [-0.05, 0) is 24.3 Å². The van der Waals surface area contributed by atoms with Gasteiger partial charge in [0.05, 0.1) is 5.52 Å². The normalized spacial score (nSPS) is 18.7. The topological polar surface area (TPSA) is 41.1 Å². The number of nitrogens with one attached hydrogen (secondary N) is 1. The number of aromatic nitrogens is 2. The molecule has 2 aromatic rings. The highest BCUT2D eigenvalue weighted by atomic mass is 32.2. The molecule has 2 heterocycles. The molecule has 1 aromatic carbocycles. The van der Waals surface area contributed by atoms with E-state index in [9.17, 15) is 0 Å². The van der Waals surface area contributed by atoms with Crippen molar-refractivity contribution >= 4 is 34.4 Å². The molecule has 1 unspecified atom stereocenters. The van der Waals surface area contributed by atoms with Crippen molar-refractivity contribution in [2.75, 3.05) is 35.8 Å². The number of fused-ring (bicyclic) bond motifs is 1. The van der Waals surface area contributed by atoms with Gasteiger partial charge in [-0.3, -0.25) is 0 Å². The lowest BCUT2D eigenvalue weighted by Crippen LogP contribution is -2.32. The summed E-state index contributed by atoms with van der Waals surface area (Å²) in [5.74, 6) is 4.15. The van der Waals surface area contributed by atoms with Crippen LogP contribution in [0.2, 0.25) is 0 Å². The van der Waals surface area contributed by atoms with E-state index in [0.717, 1.165) is 16.7 Å². The highest BCUT2D eigenvalue weighted by molar-refractivity contribution is 7.99. The average molecular weight is 274 g/mol. The summed E-state index contributed by atoms with van der Waals surface area (Å²) >= 11 is 2.02. The van der Waals surface area contributed by atoms with Crippen molar-refractivity contribution in [3.05, 3.63) is 24.3 Å². The maximum absolute atomic E-state index is 4.66. The van der Waals surface area contributed by atoms with Gasteiger partial charge in [-0.1, -0.05) is 12.1 Å². The van der Waals surface area contributed by atoms with E-state index >= 15 is 0 Å². The summed E-state index contributed by atoms with van der Waals surface area (Å²) < 4.78 is 0. The molecule has 1 aliphatic heterocycles. The van der Waals surface area contributed by atoms with Crippen LogP contribution in [0.1, 0.15) is 6.42 Å². The van der Waals surface area contributed by atoms with Gasteiger partial charge in [0.2, 0.25) is 5.95 Å². The lowest BCUT2D eigenvalue weighted by atomic mass is 10.2. The maximum Gasteiger partial charge on any atom is 0.224 e. The number of hydrogen-bond donors (Lipinski definition) is 1. The smallest absolute Gasteiger partial charge is 0.224 e. The first kappa shape index (κ1) is 12.5. The molecule has 0 aliphatic carbocycles. The molecular formula is C14H18N4S. The van der Waals surface area contributed by atoms with E-state index in [1.807, 2.05) is 37.0 Å². The van der Waals surface area contributed by atoms with Crippen molar-refractivity contribution < 1.29 is 0 Å². The minimum Gasteiger partial charge on any atom is -0.357 e. The monoisotopic (exact) mass is 274 g/mol. The first-order valence-corrected chi connectivity index (χ1v) is 7.70. The van der Waals surface area contributed by atoms with E-state index in [1.165, 1.54) is 17.9 Å². The van der Waals surface area contributed by atoms with Crippen LogP contribution in [-0.2, 0) is 0 Å². The van der Waals surface area contributed by atoms with Gasteiger partial charge in [0.25, 0.3) is 0 Å². The molecule has 0 spiro atoms. The lowest BCUT2D eigenvalue weighted by molar-refractivity contribution is 0.694. The molecule has 1 atom stereocenters. The Kier molecular flexibility index (Phi) is 3.46. The van der Waals surface area contributed by atoms with E-state index in [0.29, 0.717) is 12.0 Å². The minimum absolute atomic E-state index is 0.577. The van der Waals surface area contributed by atoms with E-state index in [4.69, 9.17) is 0 Å². The summed E-state index contributed by atoms with van der Waals surface area (Å²) in [4.78, 5) is 11.5. The fraction of sp³-hybridized carbons (Fsp3) is 0.429. The van der Waals surface area contributed by atoms with Gasteiger partial charge in [-0.25, -0.2) is 4.98 Å². The Morgan fingerprint density at radius 1 is 1.32 bits per heavy atom. The summed E-state index contributed by atoms with van der Waals surface area (Å²) in [6.07, 6.45) is 1.23. The maximum atomic E-state index is 4.66. The Bertz CT molecular complexity index is 581. The lowest BCUT2D eigenvalue weighted by Gasteiger charge is -2.26. The number of para-hydroxylation sites is 1. The Morgan fingerprint density at radius 2 is 2.16 bits per heavy atom. The van der Waals surface area contributed by atoms with Crippen LogP contribution in [-0.4, -0.2) is 41.6 Å². The molecule has 0 bridgehead atoms. The third-order valence-corrected chi connectivity index (χ3v) is 4.74. The Labute approximate surface area is 117 Å². The van der Waals surface area contributed by atoms with Gasteiger partial charge in [0, 0.05) is 31.3 Å². The summed E-state index contributed by atoms with van der Waals surface area (Å²) in [6.45, 7) is 0. The zero-order valence-corrected chi connectivity index (χ0v) is 12.1. The molecule has 3 rings (SSSR count). The number of hydrogen-bond acceptors (Lipinski definition) is 5. The molecule has 5 heteroatoms. The second-order valence-electron chi connectivity index (χ2n) is 4.77. The van der Waals surface area contributed by atoms with Crippen LogP contribution in [0.25, 0.3) is 10.9 Å². The number of anilines is 2. The second kappa shape index (κ2) is 5.25. The number of rotatable bonds is 3. The Morgan fingerprint density at radius 3 is 2.89 bits per heavy atom. The van der Waals surface area contributed by atoms with Crippen molar-refractivity contribution in [3.8, 4) is 0 Å². The van der Waals surface area contributed by atoms with Crippen LogP contribution >= 0.6 is 11.8 Å². The average Bonchev–Trinajstić information content (AvgIpc) is 2.99. The molecule has 1 saturated heterocycles. The molecular weight excluding hydrogens is 256 g/mol. The molecule has 19 heavy (non-hydrogen) atoms. The SMILES string of the molecule is CNc1nc(N(C)C2CCSC2)c2ccccc2n1. The summed E-state index contributed by atoms with van der Waals surface area (Å²) in [7, 11) is 4.00. The summed E-state index contributed by atoms with van der Waals surface area (Å²) in [6, 6.07) is 8.78. The third kappa shape index (κ3) is 2.34. The minimum atomic E-state index is 0.577. The number of nitrogens with zero attached hydrogens (tertiary/aromatic N) is 3. The zero-order valence-electron chi connectivity index (χ0n) is 11.3. The van der Waals surface area contributed by atoms with Crippen molar-refractivity contribution in [1.29, 1.82) is 0 Å². The number of benzene rings is 1. The van der Waals surface area contributed by atoms with Crippen LogP contribution in [0.5, 0.6) is 0 Å². The largest absolute Gasteiger partial charge is 0.357 e. The van der Waals surface area contributed by atoms with Gasteiger partial charge in [-0.2, -0.15) is 16.7 Å².